The molecule has 0 aliphatic rings. The van der Waals surface area contributed by atoms with Gasteiger partial charge in [0, 0.05) is 22.3 Å². The second kappa shape index (κ2) is 21.5. The molecule has 0 spiro atoms. The molecule has 0 aliphatic heterocycles. The number of ether oxygens (including phenoxy) is 6. The van der Waals surface area contributed by atoms with Gasteiger partial charge in [0.05, 0.1) is 25.0 Å². The molecule has 2 atom stereocenters. The molecule has 0 unspecified atom stereocenters. The highest BCUT2D eigenvalue weighted by atomic mass is 16.6. The van der Waals surface area contributed by atoms with Crippen molar-refractivity contribution in [1.82, 2.24) is 0 Å². The lowest BCUT2D eigenvalue weighted by atomic mass is 9.96. The van der Waals surface area contributed by atoms with Crippen molar-refractivity contribution in [1.29, 1.82) is 0 Å². The summed E-state index contributed by atoms with van der Waals surface area (Å²) in [6.07, 6.45) is 0. The van der Waals surface area contributed by atoms with E-state index in [0.717, 1.165) is 0 Å². The van der Waals surface area contributed by atoms with Crippen molar-refractivity contribution >= 4 is 35.4 Å². The summed E-state index contributed by atoms with van der Waals surface area (Å²) in [6, 6.07) is 31.3. The molecule has 0 bridgehead atoms. The third-order valence-electron chi connectivity index (χ3n) is 8.09. The third kappa shape index (κ3) is 12.9. The van der Waals surface area contributed by atoms with Crippen LogP contribution in [-0.2, 0) is 47.6 Å². The Hall–Kier alpha value is -5.98. The molecule has 0 saturated carbocycles. The Morgan fingerprint density at radius 3 is 1.33 bits per heavy atom. The first-order valence-electron chi connectivity index (χ1n) is 17.3. The Labute approximate surface area is 313 Å². The molecule has 0 aliphatic carbocycles. The molecule has 0 amide bonds. The summed E-state index contributed by atoms with van der Waals surface area (Å²) in [7, 11) is 0. The summed E-state index contributed by atoms with van der Waals surface area (Å²) < 4.78 is 30.8. The molecule has 4 aromatic carbocycles. The van der Waals surface area contributed by atoms with Gasteiger partial charge in [-0.15, -0.1) is 0 Å². The Bertz CT molecular complexity index is 1860. The molecule has 0 fully saturated rings. The highest BCUT2D eigenvalue weighted by Gasteiger charge is 2.20. The largest absolute Gasteiger partial charge is 0.463 e. The Kier molecular flexibility index (Phi) is 16.3. The van der Waals surface area contributed by atoms with Gasteiger partial charge in [0.25, 0.3) is 0 Å². The van der Waals surface area contributed by atoms with Gasteiger partial charge in [-0.05, 0) is 31.0 Å². The van der Waals surface area contributed by atoms with E-state index in [9.17, 15) is 28.8 Å². The molecule has 4 aromatic rings. The van der Waals surface area contributed by atoms with Crippen LogP contribution in [0.5, 0.6) is 0 Å². The molecule has 0 heterocycles. The standard InChI is InChI=1S/C42H42O12/c1-29(31-16-18-34(19-17-31)39(45)32-10-5-3-6-11-32)41(47)53-22-20-49-27-37(43)51-24-25-52-38(44)28-50-21-23-54-42(48)30(2)35-14-9-15-36(26-35)40(46)33-12-7-4-8-13-33/h3-19,26,29-30H,20-25,27-28H2,1-2H3/t29-,30-/m0/s1. The molecule has 4 rings (SSSR count). The molecule has 0 radical (unpaired) electrons. The van der Waals surface area contributed by atoms with Gasteiger partial charge in [-0.25, -0.2) is 9.59 Å². The minimum Gasteiger partial charge on any atom is -0.463 e. The average Bonchev–Trinajstić information content (AvgIpc) is 3.21. The highest BCUT2D eigenvalue weighted by molar-refractivity contribution is 6.09. The van der Waals surface area contributed by atoms with E-state index in [1.54, 1.807) is 111 Å². The average molecular weight is 739 g/mol. The molecular formula is C42H42O12. The topological polar surface area (TPSA) is 158 Å². The van der Waals surface area contributed by atoms with Gasteiger partial charge in [0.2, 0.25) is 0 Å². The fourth-order valence-electron chi connectivity index (χ4n) is 5.01. The maximum atomic E-state index is 12.8. The summed E-state index contributed by atoms with van der Waals surface area (Å²) in [4.78, 5) is 74.1. The Morgan fingerprint density at radius 1 is 0.426 bits per heavy atom. The van der Waals surface area contributed by atoms with Crippen molar-refractivity contribution in [3.8, 4) is 0 Å². The summed E-state index contributed by atoms with van der Waals surface area (Å²) in [5, 5.41) is 0. The summed E-state index contributed by atoms with van der Waals surface area (Å²) in [5.74, 6) is -3.86. The maximum Gasteiger partial charge on any atom is 0.332 e. The second-order valence-corrected chi connectivity index (χ2v) is 12.0. The maximum absolute atomic E-state index is 12.8. The van der Waals surface area contributed by atoms with Gasteiger partial charge in [-0.1, -0.05) is 103 Å². The van der Waals surface area contributed by atoms with Crippen molar-refractivity contribution in [2.45, 2.75) is 25.7 Å². The lowest BCUT2D eigenvalue weighted by Crippen LogP contribution is -2.22. The second-order valence-electron chi connectivity index (χ2n) is 12.0. The van der Waals surface area contributed by atoms with Crippen molar-refractivity contribution in [2.24, 2.45) is 0 Å². The molecule has 0 N–H and O–H groups in total. The molecule has 0 saturated heterocycles. The van der Waals surface area contributed by atoms with Gasteiger partial charge in [-0.3, -0.25) is 19.2 Å². The SMILES string of the molecule is C[C@H](C(=O)OCCOCC(=O)OCCOC(=O)COCCOC(=O)[C@@H](C)c1cccc(C(=O)c2ccccc2)c1)c1ccc(C(=O)c2ccccc2)cc1. The fraction of sp³-hybridized carbons (Fsp3) is 0.286. The van der Waals surface area contributed by atoms with Crippen LogP contribution in [0.3, 0.4) is 0 Å². The predicted molar refractivity (Wildman–Crippen MR) is 195 cm³/mol. The van der Waals surface area contributed by atoms with E-state index in [-0.39, 0.29) is 51.2 Å². The smallest absolute Gasteiger partial charge is 0.332 e. The van der Waals surface area contributed by atoms with E-state index in [2.05, 4.69) is 0 Å². The molecule has 282 valence electrons. The minimum atomic E-state index is -0.699. The molecule has 12 nitrogen and oxygen atoms in total. The van der Waals surface area contributed by atoms with Crippen LogP contribution < -0.4 is 0 Å². The molecule has 0 aromatic heterocycles. The lowest BCUT2D eigenvalue weighted by Gasteiger charge is -2.13. The number of hydrogen-bond acceptors (Lipinski definition) is 12. The zero-order valence-electron chi connectivity index (χ0n) is 30.1. The van der Waals surface area contributed by atoms with E-state index in [4.69, 9.17) is 28.4 Å². The first kappa shape index (κ1) is 40.8. The van der Waals surface area contributed by atoms with Crippen molar-refractivity contribution in [3.05, 3.63) is 143 Å². The number of hydrogen-bond donors (Lipinski definition) is 0. The number of carbonyl (C=O) groups excluding carboxylic acids is 6. The van der Waals surface area contributed by atoms with Crippen LogP contribution in [0.2, 0.25) is 0 Å². The van der Waals surface area contributed by atoms with E-state index >= 15 is 0 Å². The van der Waals surface area contributed by atoms with Crippen LogP contribution in [0.25, 0.3) is 0 Å². The third-order valence-corrected chi connectivity index (χ3v) is 8.09. The number of benzene rings is 4. The van der Waals surface area contributed by atoms with Crippen LogP contribution in [0.15, 0.2) is 109 Å². The van der Waals surface area contributed by atoms with Gasteiger partial charge < -0.3 is 28.4 Å². The first-order chi connectivity index (χ1) is 26.1. The zero-order chi connectivity index (χ0) is 38.7. The number of carbonyl (C=O) groups is 6. The van der Waals surface area contributed by atoms with E-state index in [1.165, 1.54) is 0 Å². The summed E-state index contributed by atoms with van der Waals surface area (Å²) in [6.45, 7) is 1.89. The predicted octanol–water partition coefficient (Wildman–Crippen LogP) is 5.26. The van der Waals surface area contributed by atoms with Crippen LogP contribution in [0.1, 0.15) is 68.7 Å². The van der Waals surface area contributed by atoms with Crippen LogP contribution in [-0.4, -0.2) is 88.3 Å². The van der Waals surface area contributed by atoms with Crippen molar-refractivity contribution in [2.75, 3.05) is 52.9 Å². The monoisotopic (exact) mass is 738 g/mol. The van der Waals surface area contributed by atoms with Crippen LogP contribution in [0.4, 0.5) is 0 Å². The normalized spacial score (nSPS) is 11.8. The van der Waals surface area contributed by atoms with Crippen LogP contribution in [0, 0.1) is 0 Å². The fourth-order valence-corrected chi connectivity index (χ4v) is 5.01. The quantitative estimate of drug-likeness (QED) is 0.0473. The van der Waals surface area contributed by atoms with E-state index < -0.39 is 48.9 Å². The molecular weight excluding hydrogens is 696 g/mol. The van der Waals surface area contributed by atoms with Gasteiger partial charge in [-0.2, -0.15) is 0 Å². The van der Waals surface area contributed by atoms with Gasteiger partial charge in [0.15, 0.2) is 11.6 Å². The van der Waals surface area contributed by atoms with Gasteiger partial charge in [0.1, 0.15) is 39.6 Å². The minimum absolute atomic E-state index is 0.0401. The Morgan fingerprint density at radius 2 is 0.833 bits per heavy atom. The van der Waals surface area contributed by atoms with E-state index in [0.29, 0.717) is 33.4 Å². The first-order valence-corrected chi connectivity index (χ1v) is 17.3. The highest BCUT2D eigenvalue weighted by Crippen LogP contribution is 2.21. The van der Waals surface area contributed by atoms with E-state index in [1.807, 2.05) is 12.1 Å². The lowest BCUT2D eigenvalue weighted by molar-refractivity contribution is -0.159. The van der Waals surface area contributed by atoms with Crippen molar-refractivity contribution in [3.63, 3.8) is 0 Å². The molecule has 12 heteroatoms. The summed E-state index contributed by atoms with van der Waals surface area (Å²) >= 11 is 0. The summed E-state index contributed by atoms with van der Waals surface area (Å²) in [5.41, 5.74) is 3.41. The molecule has 54 heavy (non-hydrogen) atoms. The number of rotatable bonds is 21. The van der Waals surface area contributed by atoms with Gasteiger partial charge >= 0.3 is 23.9 Å². The van der Waals surface area contributed by atoms with Crippen molar-refractivity contribution < 1.29 is 57.2 Å². The number of ketones is 2. The van der Waals surface area contributed by atoms with Crippen LogP contribution >= 0.6 is 0 Å². The zero-order valence-corrected chi connectivity index (χ0v) is 30.1. The number of esters is 4. The Balaban J connectivity index is 0.999.